The molecule has 0 amide bonds. The van der Waals surface area contributed by atoms with Crippen LogP contribution in [0.25, 0.3) is 11.2 Å². The monoisotopic (exact) mass is 237 g/mol. The third-order valence-electron chi connectivity index (χ3n) is 2.93. The van der Waals surface area contributed by atoms with Gasteiger partial charge in [0.05, 0.1) is 6.33 Å². The molecular weight excluding hydrogens is 226 g/mol. The second-order valence-corrected chi connectivity index (χ2v) is 4.38. The van der Waals surface area contributed by atoms with Gasteiger partial charge in [0.15, 0.2) is 11.5 Å². The second-order valence-electron chi connectivity index (χ2n) is 4.04. The van der Waals surface area contributed by atoms with Gasteiger partial charge in [0.25, 0.3) is 0 Å². The minimum absolute atomic E-state index is 0.271. The summed E-state index contributed by atoms with van der Waals surface area (Å²) in [5.74, 6) is 0.910. The van der Waals surface area contributed by atoms with Gasteiger partial charge in [-0.05, 0) is 24.4 Å². The van der Waals surface area contributed by atoms with Crippen molar-refractivity contribution in [3.63, 3.8) is 0 Å². The topological polar surface area (TPSA) is 46.8 Å². The largest absolute Gasteiger partial charge is 0.355 e. The summed E-state index contributed by atoms with van der Waals surface area (Å²) in [4.78, 5) is 14.9. The zero-order valence-corrected chi connectivity index (χ0v) is 9.78. The Hall–Kier alpha value is -1.36. The van der Waals surface area contributed by atoms with Gasteiger partial charge >= 0.3 is 0 Å². The minimum atomic E-state index is 0.271. The molecule has 2 aromatic rings. The summed E-state index contributed by atoms with van der Waals surface area (Å²) in [5.41, 5.74) is 1.63. The lowest BCUT2D eigenvalue weighted by atomic mass is 10.4. The van der Waals surface area contributed by atoms with Crippen molar-refractivity contribution in [3.05, 3.63) is 11.6 Å². The summed E-state index contributed by atoms with van der Waals surface area (Å²) >= 11 is 5.91. The summed E-state index contributed by atoms with van der Waals surface area (Å²) < 4.78 is 1.94. The van der Waals surface area contributed by atoms with Crippen molar-refractivity contribution in [2.45, 2.75) is 12.8 Å². The van der Waals surface area contributed by atoms with E-state index in [-0.39, 0.29) is 5.28 Å². The molecule has 0 aliphatic carbocycles. The third kappa shape index (κ3) is 1.43. The zero-order chi connectivity index (χ0) is 11.1. The standard InChI is InChI=1S/C10H12ClN5/c1-15-6-12-8-7(15)9(14-10(11)13-8)16-4-2-3-5-16/h6H,2-5H2,1H3. The van der Waals surface area contributed by atoms with E-state index in [1.807, 2.05) is 11.6 Å². The highest BCUT2D eigenvalue weighted by atomic mass is 35.5. The van der Waals surface area contributed by atoms with Gasteiger partial charge in [-0.2, -0.15) is 9.97 Å². The summed E-state index contributed by atoms with van der Waals surface area (Å²) in [6.07, 6.45) is 4.16. The van der Waals surface area contributed by atoms with Crippen molar-refractivity contribution in [1.82, 2.24) is 19.5 Å². The van der Waals surface area contributed by atoms with Gasteiger partial charge in [-0.25, -0.2) is 4.98 Å². The van der Waals surface area contributed by atoms with Crippen LogP contribution in [0.5, 0.6) is 0 Å². The van der Waals surface area contributed by atoms with E-state index < -0.39 is 0 Å². The first-order valence-corrected chi connectivity index (χ1v) is 5.73. The lowest BCUT2D eigenvalue weighted by Gasteiger charge is -2.17. The lowest BCUT2D eigenvalue weighted by molar-refractivity contribution is 0.905. The molecule has 1 aliphatic heterocycles. The zero-order valence-electron chi connectivity index (χ0n) is 9.02. The molecule has 5 nitrogen and oxygen atoms in total. The van der Waals surface area contributed by atoms with Crippen molar-refractivity contribution in [3.8, 4) is 0 Å². The van der Waals surface area contributed by atoms with E-state index in [4.69, 9.17) is 11.6 Å². The number of imidazole rings is 1. The number of nitrogens with zero attached hydrogens (tertiary/aromatic N) is 5. The minimum Gasteiger partial charge on any atom is -0.355 e. The van der Waals surface area contributed by atoms with E-state index in [1.54, 1.807) is 6.33 Å². The molecule has 2 aromatic heterocycles. The molecule has 16 heavy (non-hydrogen) atoms. The average molecular weight is 238 g/mol. The molecule has 3 rings (SSSR count). The first-order chi connectivity index (χ1) is 7.75. The molecule has 0 spiro atoms. The Morgan fingerprint density at radius 2 is 2.00 bits per heavy atom. The predicted molar refractivity (Wildman–Crippen MR) is 62.8 cm³/mol. The second kappa shape index (κ2) is 3.59. The number of aromatic nitrogens is 4. The number of hydrogen-bond acceptors (Lipinski definition) is 4. The Kier molecular flexibility index (Phi) is 2.21. The van der Waals surface area contributed by atoms with E-state index in [2.05, 4.69) is 19.9 Å². The number of anilines is 1. The van der Waals surface area contributed by atoms with Crippen molar-refractivity contribution in [1.29, 1.82) is 0 Å². The Balaban J connectivity index is 2.23. The van der Waals surface area contributed by atoms with Crippen LogP contribution in [0.2, 0.25) is 5.28 Å². The fourth-order valence-corrected chi connectivity index (χ4v) is 2.32. The number of halogens is 1. The number of hydrogen-bond donors (Lipinski definition) is 0. The Labute approximate surface area is 98.1 Å². The average Bonchev–Trinajstić information content (AvgIpc) is 2.87. The number of fused-ring (bicyclic) bond motifs is 1. The van der Waals surface area contributed by atoms with Crippen LogP contribution < -0.4 is 4.90 Å². The fourth-order valence-electron chi connectivity index (χ4n) is 2.16. The van der Waals surface area contributed by atoms with Crippen LogP contribution in [0, 0.1) is 0 Å². The molecule has 6 heteroatoms. The smallest absolute Gasteiger partial charge is 0.226 e. The molecule has 0 bridgehead atoms. The Bertz CT molecular complexity index is 529. The molecule has 1 fully saturated rings. The number of rotatable bonds is 1. The van der Waals surface area contributed by atoms with Gasteiger partial charge in [-0.3, -0.25) is 0 Å². The number of aryl methyl sites for hydroxylation is 1. The fraction of sp³-hybridized carbons (Fsp3) is 0.500. The van der Waals surface area contributed by atoms with Crippen molar-refractivity contribution in [2.24, 2.45) is 7.05 Å². The van der Waals surface area contributed by atoms with Gasteiger partial charge in [0.2, 0.25) is 5.28 Å². The van der Waals surface area contributed by atoms with Crippen LogP contribution in [0.15, 0.2) is 6.33 Å². The van der Waals surface area contributed by atoms with E-state index >= 15 is 0 Å². The predicted octanol–water partition coefficient (Wildman–Crippen LogP) is 1.62. The summed E-state index contributed by atoms with van der Waals surface area (Å²) in [7, 11) is 1.95. The molecule has 0 radical (unpaired) electrons. The molecule has 0 saturated carbocycles. The van der Waals surface area contributed by atoms with Crippen molar-refractivity contribution >= 4 is 28.6 Å². The van der Waals surface area contributed by atoms with Crippen LogP contribution in [0.3, 0.4) is 0 Å². The molecule has 0 aromatic carbocycles. The summed E-state index contributed by atoms with van der Waals surface area (Å²) in [5, 5.41) is 0.271. The highest BCUT2D eigenvalue weighted by Gasteiger charge is 2.20. The van der Waals surface area contributed by atoms with E-state index in [9.17, 15) is 0 Å². The van der Waals surface area contributed by atoms with Crippen molar-refractivity contribution in [2.75, 3.05) is 18.0 Å². The Morgan fingerprint density at radius 1 is 1.25 bits per heavy atom. The first kappa shape index (κ1) is 9.84. The maximum absolute atomic E-state index is 5.91. The molecular formula is C10H12ClN5. The van der Waals surface area contributed by atoms with Crippen LogP contribution in [0.4, 0.5) is 5.82 Å². The lowest BCUT2D eigenvalue weighted by Crippen LogP contribution is -2.20. The van der Waals surface area contributed by atoms with Crippen LogP contribution in [-0.2, 0) is 7.05 Å². The van der Waals surface area contributed by atoms with Crippen LogP contribution >= 0.6 is 11.6 Å². The molecule has 3 heterocycles. The normalized spacial score (nSPS) is 16.2. The molecule has 1 saturated heterocycles. The maximum Gasteiger partial charge on any atom is 0.226 e. The van der Waals surface area contributed by atoms with Gasteiger partial charge in [-0.15, -0.1) is 0 Å². The van der Waals surface area contributed by atoms with Crippen LogP contribution in [0.1, 0.15) is 12.8 Å². The first-order valence-electron chi connectivity index (χ1n) is 5.35. The van der Waals surface area contributed by atoms with E-state index in [0.717, 1.165) is 24.4 Å². The van der Waals surface area contributed by atoms with Gasteiger partial charge < -0.3 is 9.47 Å². The third-order valence-corrected chi connectivity index (χ3v) is 3.10. The molecule has 0 atom stereocenters. The SMILES string of the molecule is Cn1cnc2nc(Cl)nc(N3CCCC3)c21. The molecule has 0 N–H and O–H groups in total. The van der Waals surface area contributed by atoms with Gasteiger partial charge in [0, 0.05) is 20.1 Å². The summed E-state index contributed by atoms with van der Waals surface area (Å²) in [6, 6.07) is 0. The molecule has 84 valence electrons. The summed E-state index contributed by atoms with van der Waals surface area (Å²) in [6.45, 7) is 2.07. The molecule has 1 aliphatic rings. The van der Waals surface area contributed by atoms with E-state index in [0.29, 0.717) is 5.65 Å². The Morgan fingerprint density at radius 3 is 2.75 bits per heavy atom. The highest BCUT2D eigenvalue weighted by molar-refractivity contribution is 6.28. The quantitative estimate of drug-likeness (QED) is 0.707. The van der Waals surface area contributed by atoms with Crippen molar-refractivity contribution < 1.29 is 0 Å². The maximum atomic E-state index is 5.91. The van der Waals surface area contributed by atoms with E-state index in [1.165, 1.54) is 12.8 Å². The highest BCUT2D eigenvalue weighted by Crippen LogP contribution is 2.26. The van der Waals surface area contributed by atoms with Crippen LogP contribution in [-0.4, -0.2) is 32.6 Å². The van der Waals surface area contributed by atoms with Gasteiger partial charge in [0.1, 0.15) is 5.52 Å². The van der Waals surface area contributed by atoms with Gasteiger partial charge in [-0.1, -0.05) is 0 Å². The molecule has 0 unspecified atom stereocenters.